The highest BCUT2D eigenvalue weighted by Gasteiger charge is 2.40. The van der Waals surface area contributed by atoms with Crippen molar-refractivity contribution in [1.29, 1.82) is 0 Å². The molecule has 0 aliphatic heterocycles. The zero-order chi connectivity index (χ0) is 10.6. The molecule has 0 rings (SSSR count). The van der Waals surface area contributed by atoms with Crippen molar-refractivity contribution in [3.05, 3.63) is 0 Å². The first-order valence-corrected chi connectivity index (χ1v) is 4.80. The molecule has 0 aliphatic rings. The molecule has 3 N–H and O–H groups in total. The molecule has 0 fully saturated rings. The van der Waals surface area contributed by atoms with Crippen molar-refractivity contribution in [3.63, 3.8) is 0 Å². The van der Waals surface area contributed by atoms with Crippen molar-refractivity contribution < 1.29 is 9.90 Å². The zero-order valence-electron chi connectivity index (χ0n) is 9.00. The van der Waals surface area contributed by atoms with Crippen LogP contribution in [0, 0.1) is 17.3 Å². The minimum atomic E-state index is -0.765. The summed E-state index contributed by atoms with van der Waals surface area (Å²) in [7, 11) is 0. The minimum absolute atomic E-state index is 0.0809. The highest BCUT2D eigenvalue weighted by Crippen LogP contribution is 2.33. The van der Waals surface area contributed by atoms with Gasteiger partial charge in [0.1, 0.15) is 0 Å². The molecular formula is C10H21NO2. The molecule has 0 aromatic heterocycles. The Hall–Kier alpha value is -0.570. The van der Waals surface area contributed by atoms with E-state index in [-0.39, 0.29) is 12.5 Å². The van der Waals surface area contributed by atoms with Crippen LogP contribution in [0.3, 0.4) is 0 Å². The molecular weight excluding hydrogens is 166 g/mol. The number of hydrogen-bond acceptors (Lipinski definition) is 2. The van der Waals surface area contributed by atoms with Gasteiger partial charge in [0.15, 0.2) is 0 Å². The number of nitrogens with two attached hydrogens (primary N) is 1. The van der Waals surface area contributed by atoms with Crippen molar-refractivity contribution in [2.24, 2.45) is 23.0 Å². The first kappa shape index (κ1) is 12.4. The molecule has 3 heteroatoms. The Morgan fingerprint density at radius 2 is 1.85 bits per heavy atom. The Bertz CT molecular complexity index is 178. The Morgan fingerprint density at radius 1 is 1.38 bits per heavy atom. The summed E-state index contributed by atoms with van der Waals surface area (Å²) in [4.78, 5) is 11.1. The average molecular weight is 187 g/mol. The van der Waals surface area contributed by atoms with E-state index in [1.165, 1.54) is 0 Å². The SMILES string of the molecule is CC(C)CC(CN)(C(=O)O)C(C)C. The molecule has 0 heterocycles. The highest BCUT2D eigenvalue weighted by atomic mass is 16.4. The quantitative estimate of drug-likeness (QED) is 0.688. The van der Waals surface area contributed by atoms with Gasteiger partial charge in [-0.15, -0.1) is 0 Å². The fourth-order valence-corrected chi connectivity index (χ4v) is 1.70. The number of carboxylic acid groups (broad SMARTS) is 1. The Balaban J connectivity index is 4.76. The van der Waals surface area contributed by atoms with Crippen LogP contribution in [0.2, 0.25) is 0 Å². The van der Waals surface area contributed by atoms with Crippen molar-refractivity contribution in [2.75, 3.05) is 6.54 Å². The van der Waals surface area contributed by atoms with Crippen LogP contribution in [0.5, 0.6) is 0 Å². The van der Waals surface area contributed by atoms with Gasteiger partial charge in [0.05, 0.1) is 5.41 Å². The van der Waals surface area contributed by atoms with E-state index >= 15 is 0 Å². The van der Waals surface area contributed by atoms with Crippen LogP contribution in [-0.4, -0.2) is 17.6 Å². The summed E-state index contributed by atoms with van der Waals surface area (Å²) in [5.74, 6) is -0.321. The van der Waals surface area contributed by atoms with Crippen LogP contribution in [0.4, 0.5) is 0 Å². The van der Waals surface area contributed by atoms with Crippen molar-refractivity contribution in [2.45, 2.75) is 34.1 Å². The molecule has 0 spiro atoms. The van der Waals surface area contributed by atoms with Crippen molar-refractivity contribution in [3.8, 4) is 0 Å². The zero-order valence-corrected chi connectivity index (χ0v) is 9.00. The largest absolute Gasteiger partial charge is 0.481 e. The molecule has 0 amide bonds. The monoisotopic (exact) mass is 187 g/mol. The number of aliphatic carboxylic acids is 1. The fourth-order valence-electron chi connectivity index (χ4n) is 1.70. The maximum atomic E-state index is 11.1. The summed E-state index contributed by atoms with van der Waals surface area (Å²) in [6.45, 7) is 8.11. The Morgan fingerprint density at radius 3 is 1.92 bits per heavy atom. The van der Waals surface area contributed by atoms with Gasteiger partial charge < -0.3 is 10.8 Å². The Labute approximate surface area is 80.3 Å². The predicted molar refractivity (Wildman–Crippen MR) is 53.4 cm³/mol. The van der Waals surface area contributed by atoms with E-state index in [1.807, 2.05) is 27.7 Å². The van der Waals surface area contributed by atoms with Gasteiger partial charge in [0.25, 0.3) is 0 Å². The third-order valence-electron chi connectivity index (χ3n) is 2.67. The van der Waals surface area contributed by atoms with Gasteiger partial charge in [-0.3, -0.25) is 4.79 Å². The molecule has 0 radical (unpaired) electrons. The van der Waals surface area contributed by atoms with Gasteiger partial charge in [-0.25, -0.2) is 0 Å². The second-order valence-corrected chi connectivity index (χ2v) is 4.42. The molecule has 3 nitrogen and oxygen atoms in total. The molecule has 0 bridgehead atoms. The number of carboxylic acids is 1. The van der Waals surface area contributed by atoms with E-state index in [0.717, 1.165) is 0 Å². The molecule has 0 aromatic rings. The summed E-state index contributed by atoms with van der Waals surface area (Å²) >= 11 is 0. The third kappa shape index (κ3) is 2.69. The lowest BCUT2D eigenvalue weighted by Crippen LogP contribution is -2.44. The number of carbonyl (C=O) groups is 1. The predicted octanol–water partition coefficient (Wildman–Crippen LogP) is 1.72. The molecule has 1 unspecified atom stereocenters. The molecule has 0 aliphatic carbocycles. The van der Waals surface area contributed by atoms with Crippen LogP contribution in [-0.2, 0) is 4.79 Å². The first-order valence-electron chi connectivity index (χ1n) is 4.80. The summed E-state index contributed by atoms with van der Waals surface area (Å²) in [6.07, 6.45) is 0.649. The first-order chi connectivity index (χ1) is 5.86. The molecule has 1 atom stereocenters. The fraction of sp³-hybridized carbons (Fsp3) is 0.900. The second kappa shape index (κ2) is 4.61. The van der Waals surface area contributed by atoms with E-state index in [9.17, 15) is 4.79 Å². The maximum absolute atomic E-state index is 11.1. The lowest BCUT2D eigenvalue weighted by atomic mass is 9.72. The summed E-state index contributed by atoms with van der Waals surface area (Å²) in [5.41, 5.74) is 4.84. The minimum Gasteiger partial charge on any atom is -0.481 e. The molecule has 13 heavy (non-hydrogen) atoms. The van der Waals surface area contributed by atoms with E-state index in [2.05, 4.69) is 0 Å². The average Bonchev–Trinajstić information content (AvgIpc) is 1.98. The molecule has 78 valence electrons. The Kier molecular flexibility index (Phi) is 4.40. The van der Waals surface area contributed by atoms with E-state index in [1.54, 1.807) is 0 Å². The van der Waals surface area contributed by atoms with Crippen LogP contribution < -0.4 is 5.73 Å². The highest BCUT2D eigenvalue weighted by molar-refractivity contribution is 5.75. The van der Waals surface area contributed by atoms with E-state index in [0.29, 0.717) is 12.3 Å². The summed E-state index contributed by atoms with van der Waals surface area (Å²) < 4.78 is 0. The van der Waals surface area contributed by atoms with Gasteiger partial charge in [-0.05, 0) is 18.3 Å². The lowest BCUT2D eigenvalue weighted by molar-refractivity contribution is -0.152. The number of hydrogen-bond donors (Lipinski definition) is 2. The van der Waals surface area contributed by atoms with Crippen LogP contribution in [0.25, 0.3) is 0 Å². The maximum Gasteiger partial charge on any atom is 0.311 e. The van der Waals surface area contributed by atoms with Crippen LogP contribution >= 0.6 is 0 Å². The van der Waals surface area contributed by atoms with Gasteiger partial charge >= 0.3 is 5.97 Å². The van der Waals surface area contributed by atoms with Crippen LogP contribution in [0.1, 0.15) is 34.1 Å². The van der Waals surface area contributed by atoms with Gasteiger partial charge in [-0.2, -0.15) is 0 Å². The topological polar surface area (TPSA) is 63.3 Å². The van der Waals surface area contributed by atoms with Gasteiger partial charge in [0.2, 0.25) is 0 Å². The van der Waals surface area contributed by atoms with Crippen molar-refractivity contribution >= 4 is 5.97 Å². The second-order valence-electron chi connectivity index (χ2n) is 4.42. The van der Waals surface area contributed by atoms with Gasteiger partial charge in [0, 0.05) is 6.54 Å². The smallest absolute Gasteiger partial charge is 0.311 e. The standard InChI is InChI=1S/C10H21NO2/c1-7(2)5-10(6-11,8(3)4)9(12)13/h7-8H,5-6,11H2,1-4H3,(H,12,13). The lowest BCUT2D eigenvalue weighted by Gasteiger charge is -2.33. The van der Waals surface area contributed by atoms with Crippen molar-refractivity contribution in [1.82, 2.24) is 0 Å². The summed E-state index contributed by atoms with van der Waals surface area (Å²) in [5, 5.41) is 9.16. The third-order valence-corrected chi connectivity index (χ3v) is 2.67. The van der Waals surface area contributed by atoms with E-state index < -0.39 is 11.4 Å². The normalized spacial score (nSPS) is 16.2. The van der Waals surface area contributed by atoms with Gasteiger partial charge in [-0.1, -0.05) is 27.7 Å². The molecule has 0 aromatic carbocycles. The van der Waals surface area contributed by atoms with E-state index in [4.69, 9.17) is 10.8 Å². The van der Waals surface area contributed by atoms with Crippen LogP contribution in [0.15, 0.2) is 0 Å². The molecule has 0 saturated carbocycles. The number of rotatable bonds is 5. The summed E-state index contributed by atoms with van der Waals surface area (Å²) in [6, 6.07) is 0. The molecule has 0 saturated heterocycles.